The maximum Gasteiger partial charge on any atom is 0.311 e. The number of rotatable bonds is 4. The van der Waals surface area contributed by atoms with E-state index in [9.17, 15) is 4.79 Å². The number of carbonyl (C=O) groups is 1. The summed E-state index contributed by atoms with van der Waals surface area (Å²) in [6.45, 7) is 6.77. The molecule has 0 N–H and O–H groups in total. The number of hydrogen-bond donors (Lipinski definition) is 0. The maximum absolute atomic E-state index is 11.9. The molecule has 1 aliphatic heterocycles. The molecule has 1 aromatic rings. The summed E-state index contributed by atoms with van der Waals surface area (Å²) in [5.74, 6) is 0.218. The Bertz CT molecular complexity index is 420. The zero-order valence-electron chi connectivity index (χ0n) is 11.8. The van der Waals surface area contributed by atoms with Crippen LogP contribution in [0.3, 0.4) is 0 Å². The van der Waals surface area contributed by atoms with Crippen molar-refractivity contribution in [2.75, 3.05) is 20.2 Å². The van der Waals surface area contributed by atoms with Crippen LogP contribution in [0.15, 0.2) is 5.38 Å². The second-order valence-electron chi connectivity index (χ2n) is 5.68. The Kier molecular flexibility index (Phi) is 4.52. The molecule has 0 saturated carbocycles. The molecule has 5 nitrogen and oxygen atoms in total. The number of carbonyl (C=O) groups excluding carboxylic acids is 1. The number of methoxy groups -OCH3 is 1. The summed E-state index contributed by atoms with van der Waals surface area (Å²) in [5, 5.41) is 6.07. The molecule has 1 saturated heterocycles. The summed E-state index contributed by atoms with van der Waals surface area (Å²) >= 11 is 1.38. The van der Waals surface area contributed by atoms with Crippen LogP contribution in [0.1, 0.15) is 32.4 Å². The van der Waals surface area contributed by atoms with Gasteiger partial charge in [-0.15, -0.1) is 5.10 Å². The van der Waals surface area contributed by atoms with Crippen LogP contribution in [0.5, 0.6) is 0 Å². The van der Waals surface area contributed by atoms with Crippen molar-refractivity contribution < 1.29 is 9.53 Å². The fraction of sp³-hybridized carbons (Fsp3) is 0.769. The monoisotopic (exact) mass is 283 g/mol. The number of aromatic nitrogens is 2. The first-order chi connectivity index (χ1) is 9.04. The summed E-state index contributed by atoms with van der Waals surface area (Å²) in [4.78, 5) is 14.3. The van der Waals surface area contributed by atoms with Gasteiger partial charge in [-0.3, -0.25) is 9.69 Å². The summed E-state index contributed by atoms with van der Waals surface area (Å²) in [6.07, 6.45) is 2.19. The molecule has 1 aromatic heterocycles. The normalized spacial score (nSPS) is 21.3. The van der Waals surface area contributed by atoms with Crippen molar-refractivity contribution >= 4 is 17.5 Å². The minimum atomic E-state index is -0.423. The van der Waals surface area contributed by atoms with Crippen molar-refractivity contribution in [3.8, 4) is 0 Å². The molecule has 19 heavy (non-hydrogen) atoms. The van der Waals surface area contributed by atoms with Crippen molar-refractivity contribution in [1.29, 1.82) is 0 Å². The Morgan fingerprint density at radius 2 is 2.42 bits per heavy atom. The fourth-order valence-corrected chi connectivity index (χ4v) is 3.14. The molecule has 1 aliphatic rings. The van der Waals surface area contributed by atoms with Gasteiger partial charge in [-0.25, -0.2) is 0 Å². The number of nitrogens with zero attached hydrogens (tertiary/aromatic N) is 3. The highest BCUT2D eigenvalue weighted by Gasteiger charge is 2.39. The summed E-state index contributed by atoms with van der Waals surface area (Å²) in [7, 11) is 1.46. The van der Waals surface area contributed by atoms with Gasteiger partial charge in [0.15, 0.2) is 0 Å². The van der Waals surface area contributed by atoms with Gasteiger partial charge in [-0.2, -0.15) is 0 Å². The number of likely N-dealkylation sites (tertiary alicyclic amines) is 1. The van der Waals surface area contributed by atoms with E-state index in [0.717, 1.165) is 38.2 Å². The van der Waals surface area contributed by atoms with Gasteiger partial charge in [0, 0.05) is 18.5 Å². The predicted octanol–water partition coefficient (Wildman–Crippen LogP) is 1.95. The van der Waals surface area contributed by atoms with Crippen molar-refractivity contribution in [2.24, 2.45) is 11.3 Å². The fourth-order valence-electron chi connectivity index (χ4n) is 2.70. The largest absolute Gasteiger partial charge is 0.469 e. The molecule has 0 spiro atoms. The van der Waals surface area contributed by atoms with Gasteiger partial charge in [0.1, 0.15) is 0 Å². The van der Waals surface area contributed by atoms with Gasteiger partial charge in [0.05, 0.1) is 18.2 Å². The van der Waals surface area contributed by atoms with Crippen LogP contribution in [0.4, 0.5) is 0 Å². The highest BCUT2D eigenvalue weighted by molar-refractivity contribution is 7.03. The van der Waals surface area contributed by atoms with E-state index in [1.54, 1.807) is 0 Å². The van der Waals surface area contributed by atoms with Crippen LogP contribution in [-0.2, 0) is 16.1 Å². The van der Waals surface area contributed by atoms with E-state index in [4.69, 9.17) is 4.74 Å². The summed E-state index contributed by atoms with van der Waals surface area (Å²) in [6, 6.07) is 0. The minimum Gasteiger partial charge on any atom is -0.469 e. The lowest BCUT2D eigenvalue weighted by atomic mass is 9.74. The Balaban J connectivity index is 1.98. The van der Waals surface area contributed by atoms with E-state index >= 15 is 0 Å². The van der Waals surface area contributed by atoms with E-state index in [0.29, 0.717) is 5.92 Å². The van der Waals surface area contributed by atoms with Crippen molar-refractivity contribution in [2.45, 2.75) is 33.2 Å². The Morgan fingerprint density at radius 3 is 3.05 bits per heavy atom. The third-order valence-corrected chi connectivity index (χ3v) is 4.58. The molecule has 1 atom stereocenters. The molecule has 1 fully saturated rings. The topological polar surface area (TPSA) is 55.3 Å². The second-order valence-corrected chi connectivity index (χ2v) is 6.29. The quantitative estimate of drug-likeness (QED) is 0.791. The first-order valence-electron chi connectivity index (χ1n) is 6.60. The van der Waals surface area contributed by atoms with Gasteiger partial charge in [0.2, 0.25) is 0 Å². The zero-order chi connectivity index (χ0) is 13.9. The van der Waals surface area contributed by atoms with Gasteiger partial charge in [-0.1, -0.05) is 4.49 Å². The van der Waals surface area contributed by atoms with Crippen LogP contribution < -0.4 is 0 Å². The van der Waals surface area contributed by atoms with Crippen molar-refractivity contribution in [3.63, 3.8) is 0 Å². The molecule has 0 bridgehead atoms. The summed E-state index contributed by atoms with van der Waals surface area (Å²) < 4.78 is 8.82. The zero-order valence-corrected chi connectivity index (χ0v) is 12.6. The van der Waals surface area contributed by atoms with E-state index in [1.165, 1.54) is 18.6 Å². The SMILES string of the molecule is COC(=O)C(C)(C)[C@H]1CCCN(Cc2csnn2)C1. The molecule has 0 aromatic carbocycles. The minimum absolute atomic E-state index is 0.116. The Labute approximate surface area is 118 Å². The number of ether oxygens (including phenoxy) is 1. The third kappa shape index (κ3) is 3.30. The molecular weight excluding hydrogens is 262 g/mol. The molecule has 0 aliphatic carbocycles. The van der Waals surface area contributed by atoms with E-state index in [-0.39, 0.29) is 5.97 Å². The molecule has 0 amide bonds. The first kappa shape index (κ1) is 14.4. The average molecular weight is 283 g/mol. The molecule has 0 radical (unpaired) electrons. The maximum atomic E-state index is 11.9. The van der Waals surface area contributed by atoms with Crippen LogP contribution in [0, 0.1) is 11.3 Å². The average Bonchev–Trinajstić information content (AvgIpc) is 2.91. The number of piperidine rings is 1. The van der Waals surface area contributed by atoms with Crippen LogP contribution >= 0.6 is 11.5 Å². The van der Waals surface area contributed by atoms with Crippen LogP contribution in [0.2, 0.25) is 0 Å². The van der Waals surface area contributed by atoms with Crippen LogP contribution in [0.25, 0.3) is 0 Å². The number of hydrogen-bond acceptors (Lipinski definition) is 6. The predicted molar refractivity (Wildman–Crippen MR) is 73.7 cm³/mol. The molecule has 2 heterocycles. The van der Waals surface area contributed by atoms with Gasteiger partial charge >= 0.3 is 5.97 Å². The Hall–Kier alpha value is -1.01. The molecular formula is C13H21N3O2S. The highest BCUT2D eigenvalue weighted by atomic mass is 32.1. The van der Waals surface area contributed by atoms with Crippen molar-refractivity contribution in [3.05, 3.63) is 11.1 Å². The highest BCUT2D eigenvalue weighted by Crippen LogP contribution is 2.35. The van der Waals surface area contributed by atoms with E-state index < -0.39 is 5.41 Å². The molecule has 106 valence electrons. The lowest BCUT2D eigenvalue weighted by Crippen LogP contribution is -2.44. The lowest BCUT2D eigenvalue weighted by molar-refractivity contribution is -0.155. The smallest absolute Gasteiger partial charge is 0.311 e. The molecule has 0 unspecified atom stereocenters. The number of esters is 1. The van der Waals surface area contributed by atoms with E-state index in [2.05, 4.69) is 14.5 Å². The summed E-state index contributed by atoms with van der Waals surface area (Å²) in [5.41, 5.74) is 0.592. The van der Waals surface area contributed by atoms with E-state index in [1.807, 2.05) is 19.2 Å². The van der Waals surface area contributed by atoms with Gasteiger partial charge in [0.25, 0.3) is 0 Å². The second kappa shape index (κ2) is 5.96. The molecule has 2 rings (SSSR count). The van der Waals surface area contributed by atoms with Gasteiger partial charge in [-0.05, 0) is 50.7 Å². The lowest BCUT2D eigenvalue weighted by Gasteiger charge is -2.39. The van der Waals surface area contributed by atoms with Crippen LogP contribution in [-0.4, -0.2) is 40.7 Å². The third-order valence-electron chi connectivity index (χ3n) is 4.03. The molecule has 6 heteroatoms. The van der Waals surface area contributed by atoms with Crippen molar-refractivity contribution in [1.82, 2.24) is 14.5 Å². The Morgan fingerprint density at radius 1 is 1.63 bits per heavy atom. The standard InChI is InChI=1S/C13H21N3O2S/c1-13(2,12(17)18-3)10-5-4-6-16(7-10)8-11-9-19-15-14-11/h9-10H,4-8H2,1-3H3/t10-/m0/s1. The first-order valence-corrected chi connectivity index (χ1v) is 7.44. The van der Waals surface area contributed by atoms with Gasteiger partial charge < -0.3 is 4.74 Å².